The number of hydrogen-bond acceptors (Lipinski definition) is 3. The molecule has 1 aromatic heterocycles. The molecule has 0 atom stereocenters. The summed E-state index contributed by atoms with van der Waals surface area (Å²) in [6.07, 6.45) is 1.80. The molecule has 0 fully saturated rings. The highest BCUT2D eigenvalue weighted by Gasteiger charge is 2.08. The van der Waals surface area contributed by atoms with Gasteiger partial charge in [-0.2, -0.15) is 10.2 Å². The molecule has 116 valence electrons. The van der Waals surface area contributed by atoms with E-state index in [0.717, 1.165) is 35.5 Å². The van der Waals surface area contributed by atoms with Crippen LogP contribution in [0.5, 0.6) is 0 Å². The molecule has 1 amide bonds. The second-order valence-corrected chi connectivity index (χ2v) is 5.29. The Morgan fingerprint density at radius 1 is 1.27 bits per heavy atom. The van der Waals surface area contributed by atoms with Gasteiger partial charge in [0.15, 0.2) is 0 Å². The van der Waals surface area contributed by atoms with Crippen LogP contribution in [0, 0.1) is 13.8 Å². The highest BCUT2D eigenvalue weighted by molar-refractivity contribution is 6.01. The first-order chi connectivity index (χ1) is 10.6. The standard InChI is InChI=1S/C17H22N4O/c1-4-8-16(15-9-6-5-7-10-15)18-19-17(22)12-21-14(3)11-13(2)20-21/h5-7,9-11H,4,8,12H2,1-3H3,(H,19,22)/b18-16-. The predicted octanol–water partition coefficient (Wildman–Crippen LogP) is 2.82. The Morgan fingerprint density at radius 3 is 2.59 bits per heavy atom. The highest BCUT2D eigenvalue weighted by atomic mass is 16.2. The van der Waals surface area contributed by atoms with Crippen LogP contribution in [-0.4, -0.2) is 21.4 Å². The summed E-state index contributed by atoms with van der Waals surface area (Å²) >= 11 is 0. The van der Waals surface area contributed by atoms with E-state index in [-0.39, 0.29) is 12.5 Å². The van der Waals surface area contributed by atoms with E-state index in [1.165, 1.54) is 0 Å². The molecule has 0 unspecified atom stereocenters. The number of carbonyl (C=O) groups is 1. The van der Waals surface area contributed by atoms with Crippen molar-refractivity contribution in [2.75, 3.05) is 0 Å². The number of aryl methyl sites for hydroxylation is 2. The summed E-state index contributed by atoms with van der Waals surface area (Å²) in [5, 5.41) is 8.57. The first kappa shape index (κ1) is 15.9. The third-order valence-corrected chi connectivity index (χ3v) is 3.31. The molecule has 1 aromatic carbocycles. The maximum absolute atomic E-state index is 12.0. The van der Waals surface area contributed by atoms with E-state index in [0.29, 0.717) is 0 Å². The zero-order valence-corrected chi connectivity index (χ0v) is 13.3. The summed E-state index contributed by atoms with van der Waals surface area (Å²) in [5.74, 6) is -0.171. The maximum atomic E-state index is 12.0. The molecule has 0 aliphatic heterocycles. The van der Waals surface area contributed by atoms with E-state index in [1.807, 2.05) is 50.2 Å². The molecule has 1 heterocycles. The molecular formula is C17H22N4O. The molecule has 0 radical (unpaired) electrons. The van der Waals surface area contributed by atoms with Gasteiger partial charge >= 0.3 is 0 Å². The van der Waals surface area contributed by atoms with E-state index < -0.39 is 0 Å². The lowest BCUT2D eigenvalue weighted by Gasteiger charge is -2.07. The summed E-state index contributed by atoms with van der Waals surface area (Å²) in [7, 11) is 0. The first-order valence-electron chi connectivity index (χ1n) is 7.52. The smallest absolute Gasteiger partial charge is 0.261 e. The molecule has 0 aliphatic carbocycles. The van der Waals surface area contributed by atoms with Crippen LogP contribution in [0.25, 0.3) is 0 Å². The van der Waals surface area contributed by atoms with Gasteiger partial charge in [-0.15, -0.1) is 0 Å². The van der Waals surface area contributed by atoms with Crippen LogP contribution in [-0.2, 0) is 11.3 Å². The molecule has 5 nitrogen and oxygen atoms in total. The third kappa shape index (κ3) is 4.28. The van der Waals surface area contributed by atoms with E-state index in [1.54, 1.807) is 4.68 Å². The summed E-state index contributed by atoms with van der Waals surface area (Å²) in [5.41, 5.74) is 6.44. The van der Waals surface area contributed by atoms with Crippen molar-refractivity contribution in [3.05, 3.63) is 53.3 Å². The van der Waals surface area contributed by atoms with Crippen molar-refractivity contribution in [3.8, 4) is 0 Å². The topological polar surface area (TPSA) is 59.3 Å². The number of benzene rings is 1. The Hall–Kier alpha value is -2.43. The molecular weight excluding hydrogens is 276 g/mol. The largest absolute Gasteiger partial charge is 0.271 e. The number of nitrogens with zero attached hydrogens (tertiary/aromatic N) is 3. The summed E-state index contributed by atoms with van der Waals surface area (Å²) in [6.45, 7) is 6.12. The fourth-order valence-electron chi connectivity index (χ4n) is 2.27. The van der Waals surface area contributed by atoms with Gasteiger partial charge in [-0.25, -0.2) is 5.43 Å². The Morgan fingerprint density at radius 2 is 2.00 bits per heavy atom. The second kappa shape index (κ2) is 7.54. The van der Waals surface area contributed by atoms with Crippen LogP contribution in [0.4, 0.5) is 0 Å². The lowest BCUT2D eigenvalue weighted by Crippen LogP contribution is -2.25. The first-order valence-corrected chi connectivity index (χ1v) is 7.52. The molecule has 0 spiro atoms. The monoisotopic (exact) mass is 298 g/mol. The van der Waals surface area contributed by atoms with Crippen LogP contribution < -0.4 is 5.43 Å². The van der Waals surface area contributed by atoms with Gasteiger partial charge in [0.25, 0.3) is 5.91 Å². The van der Waals surface area contributed by atoms with Crippen molar-refractivity contribution in [2.24, 2.45) is 5.10 Å². The minimum Gasteiger partial charge on any atom is -0.271 e. The van der Waals surface area contributed by atoms with Crippen LogP contribution >= 0.6 is 0 Å². The zero-order valence-electron chi connectivity index (χ0n) is 13.3. The molecule has 0 saturated heterocycles. The Labute approximate surface area is 131 Å². The van der Waals surface area contributed by atoms with Crippen molar-refractivity contribution >= 4 is 11.6 Å². The van der Waals surface area contributed by atoms with E-state index in [4.69, 9.17) is 0 Å². The van der Waals surface area contributed by atoms with Gasteiger partial charge < -0.3 is 0 Å². The average molecular weight is 298 g/mol. The fourth-order valence-corrected chi connectivity index (χ4v) is 2.27. The van der Waals surface area contributed by atoms with Crippen LogP contribution in [0.15, 0.2) is 41.5 Å². The molecule has 2 rings (SSSR count). The van der Waals surface area contributed by atoms with Crippen LogP contribution in [0.1, 0.15) is 36.7 Å². The van der Waals surface area contributed by atoms with E-state index >= 15 is 0 Å². The SMILES string of the molecule is CCC/C(=N/NC(=O)Cn1nc(C)cc1C)c1ccccc1. The van der Waals surface area contributed by atoms with Gasteiger partial charge in [-0.1, -0.05) is 43.7 Å². The number of rotatable bonds is 6. The Kier molecular flexibility index (Phi) is 5.47. The fraction of sp³-hybridized carbons (Fsp3) is 0.353. The number of amides is 1. The highest BCUT2D eigenvalue weighted by Crippen LogP contribution is 2.06. The van der Waals surface area contributed by atoms with Crippen LogP contribution in [0.3, 0.4) is 0 Å². The molecule has 0 aliphatic rings. The van der Waals surface area contributed by atoms with Crippen molar-refractivity contribution in [1.29, 1.82) is 0 Å². The quantitative estimate of drug-likeness (QED) is 0.658. The Bertz CT molecular complexity index is 659. The van der Waals surface area contributed by atoms with E-state index in [2.05, 4.69) is 22.5 Å². The minimum absolute atomic E-state index is 0.171. The third-order valence-electron chi connectivity index (χ3n) is 3.31. The zero-order chi connectivity index (χ0) is 15.9. The number of carbonyl (C=O) groups excluding carboxylic acids is 1. The molecule has 22 heavy (non-hydrogen) atoms. The summed E-state index contributed by atoms with van der Waals surface area (Å²) < 4.78 is 1.68. The van der Waals surface area contributed by atoms with Gasteiger partial charge in [-0.05, 0) is 31.9 Å². The minimum atomic E-state index is -0.171. The normalized spacial score (nSPS) is 11.5. The Balaban J connectivity index is 2.04. The lowest BCUT2D eigenvalue weighted by molar-refractivity contribution is -0.121. The van der Waals surface area contributed by atoms with Gasteiger partial charge in [0.1, 0.15) is 6.54 Å². The van der Waals surface area contributed by atoms with Crippen molar-refractivity contribution < 1.29 is 4.79 Å². The molecule has 5 heteroatoms. The predicted molar refractivity (Wildman–Crippen MR) is 87.7 cm³/mol. The van der Waals surface area contributed by atoms with Gasteiger partial charge in [0.05, 0.1) is 11.4 Å². The molecule has 0 saturated carbocycles. The van der Waals surface area contributed by atoms with Crippen molar-refractivity contribution in [1.82, 2.24) is 15.2 Å². The van der Waals surface area contributed by atoms with Crippen molar-refractivity contribution in [2.45, 2.75) is 40.2 Å². The number of aromatic nitrogens is 2. The maximum Gasteiger partial charge on any atom is 0.261 e. The lowest BCUT2D eigenvalue weighted by atomic mass is 10.1. The van der Waals surface area contributed by atoms with Gasteiger partial charge in [-0.3, -0.25) is 9.48 Å². The molecule has 0 bridgehead atoms. The van der Waals surface area contributed by atoms with Crippen LogP contribution in [0.2, 0.25) is 0 Å². The average Bonchev–Trinajstić information content (AvgIpc) is 2.82. The summed E-state index contributed by atoms with van der Waals surface area (Å²) in [6, 6.07) is 11.9. The van der Waals surface area contributed by atoms with Gasteiger partial charge in [0, 0.05) is 5.69 Å². The number of hydrazone groups is 1. The second-order valence-electron chi connectivity index (χ2n) is 5.29. The van der Waals surface area contributed by atoms with Gasteiger partial charge in [0.2, 0.25) is 0 Å². The molecule has 2 aromatic rings. The summed E-state index contributed by atoms with van der Waals surface area (Å²) in [4.78, 5) is 12.0. The van der Waals surface area contributed by atoms with Crippen molar-refractivity contribution in [3.63, 3.8) is 0 Å². The van der Waals surface area contributed by atoms with E-state index in [9.17, 15) is 4.79 Å². The number of hydrogen-bond donors (Lipinski definition) is 1. The molecule has 1 N–H and O–H groups in total. The number of nitrogens with one attached hydrogen (secondary N) is 1.